The smallest absolute Gasteiger partial charge is 0.419 e. The van der Waals surface area contributed by atoms with Crippen LogP contribution in [-0.4, -0.2) is 29.6 Å². The maximum atomic E-state index is 13.0. The van der Waals surface area contributed by atoms with Gasteiger partial charge in [0.2, 0.25) is 0 Å². The van der Waals surface area contributed by atoms with Crippen LogP contribution in [0.3, 0.4) is 0 Å². The summed E-state index contributed by atoms with van der Waals surface area (Å²) in [6, 6.07) is 2.76. The zero-order valence-electron chi connectivity index (χ0n) is 10.2. The Morgan fingerprint density at radius 2 is 2.00 bits per heavy atom. The van der Waals surface area contributed by atoms with Crippen LogP contribution in [0.4, 0.5) is 17.6 Å². The molecular formula is C12H13F4NO2. The van der Waals surface area contributed by atoms with E-state index in [1.165, 1.54) is 6.07 Å². The molecule has 1 aromatic carbocycles. The third-order valence-corrected chi connectivity index (χ3v) is 2.50. The normalized spacial score (nSPS) is 11.9. The predicted molar refractivity (Wildman–Crippen MR) is 60.0 cm³/mol. The van der Waals surface area contributed by atoms with Crippen molar-refractivity contribution in [3.05, 3.63) is 35.1 Å². The minimum Gasteiger partial charge on any atom is -0.481 e. The van der Waals surface area contributed by atoms with Gasteiger partial charge in [-0.2, -0.15) is 13.2 Å². The SMILES string of the molecule is CN(CCC(=O)O)Cc1ccc(F)c(C(F)(F)F)c1. The lowest BCUT2D eigenvalue weighted by Crippen LogP contribution is -2.21. The number of rotatable bonds is 5. The van der Waals surface area contributed by atoms with Crippen LogP contribution in [0.5, 0.6) is 0 Å². The molecule has 0 bridgehead atoms. The van der Waals surface area contributed by atoms with E-state index in [2.05, 4.69) is 0 Å². The van der Waals surface area contributed by atoms with E-state index in [9.17, 15) is 22.4 Å². The predicted octanol–water partition coefficient (Wildman–Crippen LogP) is 2.75. The number of carboxylic acid groups (broad SMARTS) is 1. The molecule has 0 saturated carbocycles. The Kier molecular flexibility index (Phi) is 4.88. The Labute approximate surface area is 107 Å². The van der Waals surface area contributed by atoms with E-state index in [1.54, 1.807) is 11.9 Å². The number of carboxylic acids is 1. The van der Waals surface area contributed by atoms with Crippen molar-refractivity contribution >= 4 is 5.97 Å². The second kappa shape index (κ2) is 6.01. The summed E-state index contributed by atoms with van der Waals surface area (Å²) >= 11 is 0. The highest BCUT2D eigenvalue weighted by Gasteiger charge is 2.34. The van der Waals surface area contributed by atoms with Gasteiger partial charge in [-0.25, -0.2) is 4.39 Å². The third kappa shape index (κ3) is 4.86. The lowest BCUT2D eigenvalue weighted by molar-refractivity contribution is -0.140. The first-order chi connectivity index (χ1) is 8.70. The van der Waals surface area contributed by atoms with Crippen LogP contribution in [-0.2, 0) is 17.5 Å². The topological polar surface area (TPSA) is 40.5 Å². The summed E-state index contributed by atoms with van der Waals surface area (Å²) in [4.78, 5) is 11.9. The molecule has 0 fully saturated rings. The zero-order chi connectivity index (χ0) is 14.6. The molecule has 0 aliphatic rings. The van der Waals surface area contributed by atoms with Gasteiger partial charge < -0.3 is 10.0 Å². The average Bonchev–Trinajstić information content (AvgIpc) is 2.27. The van der Waals surface area contributed by atoms with E-state index < -0.39 is 23.5 Å². The standard InChI is InChI=1S/C12H13F4NO2/c1-17(5-4-11(18)19)7-8-2-3-10(13)9(6-8)12(14,15)16/h2-3,6H,4-5,7H2,1H3,(H,18,19). The van der Waals surface area contributed by atoms with Crippen molar-refractivity contribution in [2.75, 3.05) is 13.6 Å². The van der Waals surface area contributed by atoms with Gasteiger partial charge in [0.1, 0.15) is 5.82 Å². The molecule has 1 aromatic rings. The van der Waals surface area contributed by atoms with Crippen LogP contribution in [0.25, 0.3) is 0 Å². The summed E-state index contributed by atoms with van der Waals surface area (Å²) in [7, 11) is 1.58. The highest BCUT2D eigenvalue weighted by atomic mass is 19.4. The van der Waals surface area contributed by atoms with Crippen LogP contribution in [0.2, 0.25) is 0 Å². The summed E-state index contributed by atoms with van der Waals surface area (Å²) in [6.07, 6.45) is -4.84. The molecule has 0 radical (unpaired) electrons. The molecule has 7 heteroatoms. The number of hydrogen-bond donors (Lipinski definition) is 1. The lowest BCUT2D eigenvalue weighted by atomic mass is 10.1. The van der Waals surface area contributed by atoms with Gasteiger partial charge in [-0.05, 0) is 24.7 Å². The highest BCUT2D eigenvalue weighted by molar-refractivity contribution is 5.66. The summed E-state index contributed by atoms with van der Waals surface area (Å²) in [6.45, 7) is 0.324. The van der Waals surface area contributed by atoms with E-state index in [1.807, 2.05) is 0 Å². The molecule has 0 aliphatic carbocycles. The van der Waals surface area contributed by atoms with E-state index in [-0.39, 0.29) is 25.1 Å². The minimum absolute atomic E-state index is 0.107. The number of aliphatic carboxylic acids is 1. The minimum atomic E-state index is -4.74. The van der Waals surface area contributed by atoms with Crippen molar-refractivity contribution in [3.63, 3.8) is 0 Å². The van der Waals surface area contributed by atoms with Gasteiger partial charge in [-0.1, -0.05) is 6.07 Å². The third-order valence-electron chi connectivity index (χ3n) is 2.50. The van der Waals surface area contributed by atoms with Gasteiger partial charge in [0.15, 0.2) is 0 Å². The van der Waals surface area contributed by atoms with Gasteiger partial charge in [-0.3, -0.25) is 4.79 Å². The van der Waals surface area contributed by atoms with Gasteiger partial charge >= 0.3 is 12.1 Å². The number of alkyl halides is 3. The van der Waals surface area contributed by atoms with Crippen LogP contribution < -0.4 is 0 Å². The molecular weight excluding hydrogens is 266 g/mol. The van der Waals surface area contributed by atoms with Crippen molar-refractivity contribution in [1.29, 1.82) is 0 Å². The largest absolute Gasteiger partial charge is 0.481 e. The molecule has 0 amide bonds. The summed E-state index contributed by atoms with van der Waals surface area (Å²) in [5, 5.41) is 8.49. The number of carbonyl (C=O) groups is 1. The molecule has 3 nitrogen and oxygen atoms in total. The molecule has 0 unspecified atom stereocenters. The molecule has 0 heterocycles. The summed E-state index contributed by atoms with van der Waals surface area (Å²) in [5.41, 5.74) is -1.03. The Balaban J connectivity index is 2.77. The molecule has 1 N–H and O–H groups in total. The van der Waals surface area contributed by atoms with Crippen LogP contribution in [0.1, 0.15) is 17.5 Å². The number of halogens is 4. The van der Waals surface area contributed by atoms with E-state index in [0.717, 1.165) is 12.1 Å². The van der Waals surface area contributed by atoms with Crippen LogP contribution in [0.15, 0.2) is 18.2 Å². The van der Waals surface area contributed by atoms with E-state index in [4.69, 9.17) is 5.11 Å². The molecule has 19 heavy (non-hydrogen) atoms. The zero-order valence-corrected chi connectivity index (χ0v) is 10.2. The van der Waals surface area contributed by atoms with Crippen molar-refractivity contribution < 1.29 is 27.5 Å². The average molecular weight is 279 g/mol. The van der Waals surface area contributed by atoms with Crippen molar-refractivity contribution in [3.8, 4) is 0 Å². The molecule has 1 rings (SSSR count). The second-order valence-electron chi connectivity index (χ2n) is 4.19. The molecule has 0 aliphatic heterocycles. The summed E-state index contributed by atoms with van der Waals surface area (Å²) in [5.74, 6) is -2.30. The lowest BCUT2D eigenvalue weighted by Gasteiger charge is -2.17. The monoisotopic (exact) mass is 279 g/mol. The Morgan fingerprint density at radius 1 is 1.37 bits per heavy atom. The maximum Gasteiger partial charge on any atom is 0.419 e. The first-order valence-electron chi connectivity index (χ1n) is 5.46. The van der Waals surface area contributed by atoms with Gasteiger partial charge in [0.25, 0.3) is 0 Å². The van der Waals surface area contributed by atoms with Gasteiger partial charge in [0.05, 0.1) is 12.0 Å². The van der Waals surface area contributed by atoms with Crippen molar-refractivity contribution in [1.82, 2.24) is 4.90 Å². The first-order valence-corrected chi connectivity index (χ1v) is 5.46. The molecule has 0 saturated heterocycles. The fourth-order valence-electron chi connectivity index (χ4n) is 1.57. The van der Waals surface area contributed by atoms with Crippen molar-refractivity contribution in [2.24, 2.45) is 0 Å². The Morgan fingerprint density at radius 3 is 2.53 bits per heavy atom. The fraction of sp³-hybridized carbons (Fsp3) is 0.417. The fourth-order valence-corrected chi connectivity index (χ4v) is 1.57. The van der Waals surface area contributed by atoms with Crippen LogP contribution in [0, 0.1) is 5.82 Å². The second-order valence-corrected chi connectivity index (χ2v) is 4.19. The molecule has 0 aromatic heterocycles. The molecule has 0 atom stereocenters. The number of nitrogens with zero attached hydrogens (tertiary/aromatic N) is 1. The van der Waals surface area contributed by atoms with Gasteiger partial charge in [-0.15, -0.1) is 0 Å². The van der Waals surface area contributed by atoms with Crippen molar-refractivity contribution in [2.45, 2.75) is 19.1 Å². The molecule has 0 spiro atoms. The quantitative estimate of drug-likeness (QED) is 0.842. The van der Waals surface area contributed by atoms with Gasteiger partial charge in [0, 0.05) is 13.1 Å². The Hall–Kier alpha value is -1.63. The number of benzene rings is 1. The first kappa shape index (κ1) is 15.4. The highest BCUT2D eigenvalue weighted by Crippen LogP contribution is 2.32. The van der Waals surface area contributed by atoms with E-state index in [0.29, 0.717) is 0 Å². The molecule has 106 valence electrons. The Bertz CT molecular complexity index is 460. The summed E-state index contributed by atoms with van der Waals surface area (Å²) < 4.78 is 50.5. The maximum absolute atomic E-state index is 13.0. The van der Waals surface area contributed by atoms with Crippen LogP contribution >= 0.6 is 0 Å². The number of hydrogen-bond acceptors (Lipinski definition) is 2. The van der Waals surface area contributed by atoms with E-state index >= 15 is 0 Å².